The highest BCUT2D eigenvalue weighted by atomic mass is 32.2. The minimum atomic E-state index is -3.39. The van der Waals surface area contributed by atoms with Crippen LogP contribution in [0.3, 0.4) is 0 Å². The molecule has 26 heavy (non-hydrogen) atoms. The monoisotopic (exact) mass is 414 g/mol. The van der Waals surface area contributed by atoms with E-state index in [4.69, 9.17) is 0 Å². The molecule has 2 N–H and O–H groups in total. The van der Waals surface area contributed by atoms with Crippen molar-refractivity contribution < 1.29 is 18.1 Å². The number of rotatable bonds is 7. The molecule has 0 aliphatic carbocycles. The highest BCUT2D eigenvalue weighted by Gasteiger charge is 2.34. The smallest absolute Gasteiger partial charge is 0.278 e. The van der Waals surface area contributed by atoms with Crippen molar-refractivity contribution in [3.63, 3.8) is 0 Å². The Hall–Kier alpha value is -1.26. The Kier molecular flexibility index (Phi) is 6.46. The van der Waals surface area contributed by atoms with Crippen LogP contribution in [0.2, 0.25) is 0 Å². The van der Waals surface area contributed by atoms with Crippen molar-refractivity contribution >= 4 is 38.6 Å². The molecule has 142 valence electrons. The van der Waals surface area contributed by atoms with Crippen molar-refractivity contribution in [3.05, 3.63) is 39.9 Å². The Balaban J connectivity index is 1.47. The van der Waals surface area contributed by atoms with Crippen molar-refractivity contribution in [2.24, 2.45) is 0 Å². The van der Waals surface area contributed by atoms with E-state index >= 15 is 0 Å². The zero-order valence-corrected chi connectivity index (χ0v) is 17.1. The molecule has 0 spiro atoms. The lowest BCUT2D eigenvalue weighted by molar-refractivity contribution is -0.917. The Morgan fingerprint density at radius 2 is 1.92 bits per heavy atom. The molecular formula is C17H24N3O3S3+. The highest BCUT2D eigenvalue weighted by Crippen LogP contribution is 2.20. The number of hydrogen-bond donors (Lipinski definition) is 2. The van der Waals surface area contributed by atoms with Crippen LogP contribution in [0.4, 0.5) is 0 Å². The lowest BCUT2D eigenvalue weighted by Crippen LogP contribution is -3.19. The molecule has 0 bridgehead atoms. The third-order valence-electron chi connectivity index (χ3n) is 4.71. The van der Waals surface area contributed by atoms with Gasteiger partial charge in [-0.25, -0.2) is 8.42 Å². The number of carbonyl (C=O) groups excluding carboxylic acids is 1. The predicted molar refractivity (Wildman–Crippen MR) is 104 cm³/mol. The molecule has 1 fully saturated rings. The molecule has 0 aromatic carbocycles. The van der Waals surface area contributed by atoms with Crippen molar-refractivity contribution in [3.8, 4) is 0 Å². The standard InChI is InChI=1S/C17H23N3O3S3/c1-14(17(21)18-7-6-15-4-2-12-24-15)19-8-10-20(11-9-19)26(22,23)16-5-3-13-25-16/h2-5,12-14H,6-11H2,1H3,(H,18,21)/p+1/t14-/m0/s1. The molecule has 1 aliphatic rings. The number of amides is 1. The van der Waals surface area contributed by atoms with E-state index in [1.807, 2.05) is 18.4 Å². The summed E-state index contributed by atoms with van der Waals surface area (Å²) in [5, 5.41) is 6.81. The fourth-order valence-electron chi connectivity index (χ4n) is 3.09. The molecule has 6 nitrogen and oxygen atoms in total. The minimum Gasteiger partial charge on any atom is -0.351 e. The number of nitrogens with zero attached hydrogens (tertiary/aromatic N) is 1. The minimum absolute atomic E-state index is 0.0334. The summed E-state index contributed by atoms with van der Waals surface area (Å²) < 4.78 is 27.0. The van der Waals surface area contributed by atoms with Gasteiger partial charge < -0.3 is 10.2 Å². The molecule has 1 saturated heterocycles. The van der Waals surface area contributed by atoms with Gasteiger partial charge in [0.15, 0.2) is 6.04 Å². The van der Waals surface area contributed by atoms with Crippen molar-refractivity contribution in [1.29, 1.82) is 0 Å². The van der Waals surface area contributed by atoms with Gasteiger partial charge in [0.1, 0.15) is 4.21 Å². The molecule has 1 amide bonds. The van der Waals surface area contributed by atoms with Crippen LogP contribution in [0.1, 0.15) is 11.8 Å². The van der Waals surface area contributed by atoms with E-state index in [1.54, 1.807) is 28.8 Å². The van der Waals surface area contributed by atoms with Crippen LogP contribution in [0.5, 0.6) is 0 Å². The van der Waals surface area contributed by atoms with Crippen LogP contribution >= 0.6 is 22.7 Å². The summed E-state index contributed by atoms with van der Waals surface area (Å²) in [6.07, 6.45) is 0.846. The second-order valence-electron chi connectivity index (χ2n) is 6.34. The number of nitrogens with one attached hydrogen (secondary N) is 2. The van der Waals surface area contributed by atoms with E-state index in [2.05, 4.69) is 11.4 Å². The van der Waals surface area contributed by atoms with E-state index in [-0.39, 0.29) is 11.9 Å². The quantitative estimate of drug-likeness (QED) is 0.691. The summed E-state index contributed by atoms with van der Waals surface area (Å²) in [6, 6.07) is 7.30. The van der Waals surface area contributed by atoms with E-state index in [0.29, 0.717) is 36.9 Å². The second kappa shape index (κ2) is 8.62. The topological polar surface area (TPSA) is 70.9 Å². The first-order valence-corrected chi connectivity index (χ1v) is 11.9. The molecule has 0 saturated carbocycles. The van der Waals surface area contributed by atoms with Gasteiger partial charge in [0.05, 0.1) is 26.2 Å². The maximum Gasteiger partial charge on any atom is 0.278 e. The number of sulfonamides is 1. The average molecular weight is 415 g/mol. The fourth-order valence-corrected chi connectivity index (χ4v) is 6.38. The van der Waals surface area contributed by atoms with E-state index < -0.39 is 10.0 Å². The van der Waals surface area contributed by atoms with Crippen molar-refractivity contribution in [2.75, 3.05) is 32.7 Å². The molecule has 3 rings (SSSR count). The average Bonchev–Trinajstić information content (AvgIpc) is 3.35. The summed E-state index contributed by atoms with van der Waals surface area (Å²) in [4.78, 5) is 14.8. The largest absolute Gasteiger partial charge is 0.351 e. The van der Waals surface area contributed by atoms with Crippen LogP contribution in [0, 0.1) is 0 Å². The Morgan fingerprint density at radius 3 is 2.54 bits per heavy atom. The van der Waals surface area contributed by atoms with Gasteiger partial charge >= 0.3 is 0 Å². The fraction of sp³-hybridized carbons (Fsp3) is 0.471. The van der Waals surface area contributed by atoms with Gasteiger partial charge in [0, 0.05) is 11.4 Å². The van der Waals surface area contributed by atoms with Crippen LogP contribution in [-0.4, -0.2) is 57.4 Å². The molecule has 2 aromatic heterocycles. The van der Waals surface area contributed by atoms with E-state index in [1.165, 1.54) is 20.5 Å². The Morgan fingerprint density at radius 1 is 1.23 bits per heavy atom. The van der Waals surface area contributed by atoms with Gasteiger partial charge in [0.25, 0.3) is 15.9 Å². The normalized spacial score (nSPS) is 17.9. The zero-order valence-electron chi connectivity index (χ0n) is 14.7. The molecule has 9 heteroatoms. The van der Waals surface area contributed by atoms with Gasteiger partial charge in [-0.3, -0.25) is 4.79 Å². The molecule has 3 heterocycles. The zero-order chi connectivity index (χ0) is 18.6. The van der Waals surface area contributed by atoms with E-state index in [0.717, 1.165) is 11.3 Å². The summed E-state index contributed by atoms with van der Waals surface area (Å²) in [5.74, 6) is 0.0334. The molecule has 2 aromatic rings. The predicted octanol–water partition coefficient (Wildman–Crippen LogP) is 0.446. The molecule has 1 aliphatic heterocycles. The maximum absolute atomic E-state index is 12.6. The van der Waals surface area contributed by atoms with E-state index in [9.17, 15) is 13.2 Å². The van der Waals surface area contributed by atoms with Gasteiger partial charge in [-0.1, -0.05) is 12.1 Å². The lowest BCUT2D eigenvalue weighted by Gasteiger charge is -2.33. The number of piperazine rings is 1. The Labute approximate surface area is 162 Å². The Bertz CT molecular complexity index is 796. The lowest BCUT2D eigenvalue weighted by atomic mass is 10.2. The second-order valence-corrected chi connectivity index (χ2v) is 10.5. The third-order valence-corrected chi connectivity index (χ3v) is 8.92. The number of carbonyl (C=O) groups is 1. The summed E-state index contributed by atoms with van der Waals surface area (Å²) in [5.41, 5.74) is 0. The van der Waals surface area contributed by atoms with Gasteiger partial charge in [-0.15, -0.1) is 22.7 Å². The SMILES string of the molecule is C[C@@H](C(=O)NCCc1cccs1)[NH+]1CCN(S(=O)(=O)c2cccs2)CC1. The first-order valence-electron chi connectivity index (χ1n) is 8.67. The highest BCUT2D eigenvalue weighted by molar-refractivity contribution is 7.91. The molecular weight excluding hydrogens is 390 g/mol. The van der Waals surface area contributed by atoms with Crippen LogP contribution in [0.15, 0.2) is 39.2 Å². The number of hydrogen-bond acceptors (Lipinski definition) is 5. The summed E-state index contributed by atoms with van der Waals surface area (Å²) in [7, 11) is -3.39. The number of thiophene rings is 2. The molecule has 0 unspecified atom stereocenters. The maximum atomic E-state index is 12.6. The first-order chi connectivity index (χ1) is 12.5. The van der Waals surface area contributed by atoms with Crippen molar-refractivity contribution in [1.82, 2.24) is 9.62 Å². The van der Waals surface area contributed by atoms with Crippen LogP contribution in [0.25, 0.3) is 0 Å². The van der Waals surface area contributed by atoms with Gasteiger partial charge in [-0.2, -0.15) is 4.31 Å². The van der Waals surface area contributed by atoms with Crippen LogP contribution in [-0.2, 0) is 21.2 Å². The first kappa shape index (κ1) is 19.5. The molecule has 0 radical (unpaired) electrons. The van der Waals surface area contributed by atoms with Gasteiger partial charge in [0.2, 0.25) is 0 Å². The number of quaternary nitrogens is 1. The summed E-state index contributed by atoms with van der Waals surface area (Å²) >= 11 is 2.94. The van der Waals surface area contributed by atoms with Gasteiger partial charge in [-0.05, 0) is 36.2 Å². The third kappa shape index (κ3) is 4.52. The van der Waals surface area contributed by atoms with Crippen molar-refractivity contribution in [2.45, 2.75) is 23.6 Å². The van der Waals surface area contributed by atoms with Crippen LogP contribution < -0.4 is 10.2 Å². The summed E-state index contributed by atoms with van der Waals surface area (Å²) in [6.45, 7) is 4.73. The molecule has 1 atom stereocenters.